The van der Waals surface area contributed by atoms with Crippen LogP contribution in [0.5, 0.6) is 5.75 Å². The van der Waals surface area contributed by atoms with E-state index in [1.807, 2.05) is 89.8 Å². The van der Waals surface area contributed by atoms with Crippen LogP contribution in [0.4, 0.5) is 0 Å². The highest BCUT2D eigenvalue weighted by molar-refractivity contribution is 5.84. The van der Waals surface area contributed by atoms with Crippen molar-refractivity contribution in [2.24, 2.45) is 5.92 Å². The van der Waals surface area contributed by atoms with Gasteiger partial charge in [0, 0.05) is 25.6 Å². The number of hydrogen-bond donors (Lipinski definition) is 1. The second kappa shape index (κ2) is 10.1. The highest BCUT2D eigenvalue weighted by Gasteiger charge is 2.40. The highest BCUT2D eigenvalue weighted by Crippen LogP contribution is 2.35. The lowest BCUT2D eigenvalue weighted by Gasteiger charge is -2.18. The van der Waals surface area contributed by atoms with Crippen LogP contribution < -0.4 is 10.1 Å². The van der Waals surface area contributed by atoms with Crippen molar-refractivity contribution in [3.63, 3.8) is 0 Å². The molecule has 1 saturated heterocycles. The molecule has 0 aromatic heterocycles. The Labute approximate surface area is 189 Å². The highest BCUT2D eigenvalue weighted by atomic mass is 16.5. The van der Waals surface area contributed by atoms with Gasteiger partial charge in [-0.15, -0.1) is 0 Å². The number of methoxy groups -OCH3 is 1. The lowest BCUT2D eigenvalue weighted by Crippen LogP contribution is -2.35. The molecule has 0 radical (unpaired) electrons. The summed E-state index contributed by atoms with van der Waals surface area (Å²) >= 11 is 0. The van der Waals surface area contributed by atoms with E-state index in [1.165, 1.54) is 0 Å². The van der Waals surface area contributed by atoms with E-state index in [0.29, 0.717) is 26.1 Å². The molecule has 3 aromatic carbocycles. The number of nitrogens with zero attached hydrogens (tertiary/aromatic N) is 1. The van der Waals surface area contributed by atoms with E-state index in [0.717, 1.165) is 22.4 Å². The number of benzene rings is 3. The van der Waals surface area contributed by atoms with E-state index in [-0.39, 0.29) is 23.7 Å². The molecule has 3 aromatic rings. The van der Waals surface area contributed by atoms with Gasteiger partial charge in [-0.05, 0) is 28.8 Å². The molecule has 0 aliphatic carbocycles. The van der Waals surface area contributed by atoms with Gasteiger partial charge in [-0.3, -0.25) is 9.59 Å². The average Bonchev–Trinajstić information content (AvgIpc) is 3.30. The molecule has 1 aliphatic rings. The first-order chi connectivity index (χ1) is 15.6. The van der Waals surface area contributed by atoms with Crippen LogP contribution in [0.15, 0.2) is 84.9 Å². The third-order valence-electron chi connectivity index (χ3n) is 6.04. The number of rotatable bonds is 7. The summed E-state index contributed by atoms with van der Waals surface area (Å²) in [6.45, 7) is 1.40. The Hall–Kier alpha value is -3.60. The minimum Gasteiger partial charge on any atom is -0.497 e. The number of carbonyl (C=O) groups excluding carboxylic acids is 2. The van der Waals surface area contributed by atoms with Crippen LogP contribution in [0.3, 0.4) is 0 Å². The second-order valence-corrected chi connectivity index (χ2v) is 8.15. The van der Waals surface area contributed by atoms with Crippen LogP contribution >= 0.6 is 0 Å². The maximum absolute atomic E-state index is 13.2. The van der Waals surface area contributed by atoms with Crippen molar-refractivity contribution >= 4 is 11.8 Å². The van der Waals surface area contributed by atoms with E-state index < -0.39 is 0 Å². The van der Waals surface area contributed by atoms with Gasteiger partial charge >= 0.3 is 0 Å². The largest absolute Gasteiger partial charge is 0.497 e. The number of amides is 2. The van der Waals surface area contributed by atoms with Crippen LogP contribution in [0.2, 0.25) is 0 Å². The van der Waals surface area contributed by atoms with Crippen LogP contribution in [-0.2, 0) is 22.6 Å². The molecular formula is C27H28N2O3. The number of carbonyl (C=O) groups is 2. The molecule has 1 heterocycles. The Morgan fingerprint density at radius 1 is 0.906 bits per heavy atom. The molecule has 0 bridgehead atoms. The van der Waals surface area contributed by atoms with Crippen molar-refractivity contribution in [1.29, 1.82) is 0 Å². The Kier molecular flexibility index (Phi) is 6.85. The van der Waals surface area contributed by atoms with E-state index in [4.69, 9.17) is 4.74 Å². The van der Waals surface area contributed by atoms with E-state index in [2.05, 4.69) is 5.32 Å². The summed E-state index contributed by atoms with van der Waals surface area (Å²) in [5.74, 6) is 0.366. The lowest BCUT2D eigenvalue weighted by molar-refractivity contribution is -0.130. The van der Waals surface area contributed by atoms with Gasteiger partial charge in [-0.2, -0.15) is 0 Å². The van der Waals surface area contributed by atoms with Crippen molar-refractivity contribution in [2.45, 2.75) is 18.9 Å². The first-order valence-electron chi connectivity index (χ1n) is 10.9. The zero-order valence-corrected chi connectivity index (χ0v) is 18.2. The molecule has 1 fully saturated rings. The van der Waals surface area contributed by atoms with Crippen molar-refractivity contribution < 1.29 is 14.3 Å². The first-order valence-corrected chi connectivity index (χ1v) is 10.9. The Balaban J connectivity index is 1.51. The summed E-state index contributed by atoms with van der Waals surface area (Å²) in [6.07, 6.45) is 0.337. The van der Waals surface area contributed by atoms with E-state index >= 15 is 0 Å². The summed E-state index contributed by atoms with van der Waals surface area (Å²) in [6, 6.07) is 27.4. The zero-order chi connectivity index (χ0) is 22.3. The second-order valence-electron chi connectivity index (χ2n) is 8.15. The number of ether oxygens (including phenoxy) is 1. The number of likely N-dealkylation sites (tertiary alicyclic amines) is 1. The van der Waals surface area contributed by atoms with E-state index in [9.17, 15) is 9.59 Å². The minimum atomic E-state index is -0.314. The van der Waals surface area contributed by atoms with Gasteiger partial charge in [0.25, 0.3) is 0 Å². The molecule has 2 unspecified atom stereocenters. The molecule has 5 heteroatoms. The third kappa shape index (κ3) is 5.17. The SMILES string of the molecule is COc1cccc(C2CN(C(=O)Cc3ccccc3)CC2C(=O)NCc2ccccc2)c1. The van der Waals surface area contributed by atoms with Gasteiger partial charge in [-0.1, -0.05) is 72.8 Å². The predicted octanol–water partition coefficient (Wildman–Crippen LogP) is 3.80. The fraction of sp³-hybridized carbons (Fsp3) is 0.259. The first kappa shape index (κ1) is 21.6. The summed E-state index contributed by atoms with van der Waals surface area (Å²) in [4.78, 5) is 28.1. The standard InChI is InChI=1S/C27H28N2O3/c1-32-23-14-8-13-22(16-23)24-18-29(26(30)15-20-9-4-2-5-10-20)19-25(24)27(31)28-17-21-11-6-3-7-12-21/h2-14,16,24-25H,15,17-19H2,1H3,(H,28,31). The lowest BCUT2D eigenvalue weighted by atomic mass is 9.88. The van der Waals surface area contributed by atoms with Crippen molar-refractivity contribution in [2.75, 3.05) is 20.2 Å². The molecule has 1 aliphatic heterocycles. The third-order valence-corrected chi connectivity index (χ3v) is 6.04. The summed E-state index contributed by atoms with van der Waals surface area (Å²) in [5.41, 5.74) is 3.04. The molecule has 164 valence electrons. The average molecular weight is 429 g/mol. The normalized spacial score (nSPS) is 17.7. The summed E-state index contributed by atoms with van der Waals surface area (Å²) in [5, 5.41) is 3.07. The van der Waals surface area contributed by atoms with Crippen LogP contribution in [0, 0.1) is 5.92 Å². The molecule has 0 spiro atoms. The fourth-order valence-corrected chi connectivity index (χ4v) is 4.28. The van der Waals surface area contributed by atoms with Gasteiger partial charge in [-0.25, -0.2) is 0 Å². The molecule has 4 rings (SSSR count). The van der Waals surface area contributed by atoms with Crippen molar-refractivity contribution in [1.82, 2.24) is 10.2 Å². The minimum absolute atomic E-state index is 0.0308. The molecule has 5 nitrogen and oxygen atoms in total. The molecule has 0 saturated carbocycles. The topological polar surface area (TPSA) is 58.6 Å². The van der Waals surface area contributed by atoms with Gasteiger partial charge < -0.3 is 15.0 Å². The van der Waals surface area contributed by atoms with Gasteiger partial charge in [0.05, 0.1) is 19.4 Å². The van der Waals surface area contributed by atoms with Gasteiger partial charge in [0.1, 0.15) is 5.75 Å². The maximum atomic E-state index is 13.2. The van der Waals surface area contributed by atoms with Crippen LogP contribution in [0.1, 0.15) is 22.6 Å². The predicted molar refractivity (Wildman–Crippen MR) is 124 cm³/mol. The quantitative estimate of drug-likeness (QED) is 0.623. The molecule has 1 N–H and O–H groups in total. The molecule has 2 amide bonds. The maximum Gasteiger partial charge on any atom is 0.227 e. The van der Waals surface area contributed by atoms with Crippen molar-refractivity contribution in [3.05, 3.63) is 102 Å². The van der Waals surface area contributed by atoms with Gasteiger partial charge in [0.2, 0.25) is 11.8 Å². The fourth-order valence-electron chi connectivity index (χ4n) is 4.28. The Bertz CT molecular complexity index is 1050. The number of hydrogen-bond acceptors (Lipinski definition) is 3. The molecular weight excluding hydrogens is 400 g/mol. The zero-order valence-electron chi connectivity index (χ0n) is 18.2. The van der Waals surface area contributed by atoms with Crippen molar-refractivity contribution in [3.8, 4) is 5.75 Å². The Morgan fingerprint density at radius 3 is 2.28 bits per heavy atom. The monoisotopic (exact) mass is 428 g/mol. The summed E-state index contributed by atoms with van der Waals surface area (Å²) < 4.78 is 5.39. The Morgan fingerprint density at radius 2 is 1.59 bits per heavy atom. The van der Waals surface area contributed by atoms with Crippen LogP contribution in [-0.4, -0.2) is 36.9 Å². The molecule has 2 atom stereocenters. The van der Waals surface area contributed by atoms with Crippen LogP contribution in [0.25, 0.3) is 0 Å². The number of nitrogens with one attached hydrogen (secondary N) is 1. The molecule has 32 heavy (non-hydrogen) atoms. The summed E-state index contributed by atoms with van der Waals surface area (Å²) in [7, 11) is 1.63. The van der Waals surface area contributed by atoms with E-state index in [1.54, 1.807) is 7.11 Å². The smallest absolute Gasteiger partial charge is 0.227 e. The van der Waals surface area contributed by atoms with Gasteiger partial charge in [0.15, 0.2) is 0 Å².